The van der Waals surface area contributed by atoms with Gasteiger partial charge in [0.05, 0.1) is 19.4 Å². The molecule has 26 heavy (non-hydrogen) atoms. The van der Waals surface area contributed by atoms with Gasteiger partial charge in [0.25, 0.3) is 0 Å². The molecular weight excluding hydrogens is 465 g/mol. The summed E-state index contributed by atoms with van der Waals surface area (Å²) in [6.07, 6.45) is 3.08. The fraction of sp³-hybridized carbons (Fsp3) is 0.421. The maximum absolute atomic E-state index is 10.1. The van der Waals surface area contributed by atoms with E-state index in [0.29, 0.717) is 24.8 Å². The molecule has 1 aromatic carbocycles. The first-order valence-electron chi connectivity index (χ1n) is 8.63. The number of guanidine groups is 1. The van der Waals surface area contributed by atoms with Gasteiger partial charge in [0, 0.05) is 17.0 Å². The number of hydrogen-bond acceptors (Lipinski definition) is 3. The van der Waals surface area contributed by atoms with Crippen molar-refractivity contribution < 1.29 is 9.52 Å². The number of nitrogens with one attached hydrogen (secondary N) is 2. The maximum atomic E-state index is 10.1. The summed E-state index contributed by atoms with van der Waals surface area (Å²) in [5.74, 6) is 1.24. The molecule has 0 saturated heterocycles. The van der Waals surface area contributed by atoms with Crippen LogP contribution in [0.15, 0.2) is 52.1 Å². The molecule has 3 N–H and O–H groups in total. The lowest BCUT2D eigenvalue weighted by atomic mass is 9.96. The van der Waals surface area contributed by atoms with Crippen LogP contribution in [0.5, 0.6) is 0 Å². The topological polar surface area (TPSA) is 69.8 Å². The second-order valence-corrected chi connectivity index (χ2v) is 6.83. The van der Waals surface area contributed by atoms with Crippen molar-refractivity contribution in [1.82, 2.24) is 10.6 Å². The zero-order valence-electron chi connectivity index (χ0n) is 14.7. The molecule has 0 radical (unpaired) electrons. The Hall–Kier alpha value is -1.25. The number of aliphatic hydroxyl groups is 1. The van der Waals surface area contributed by atoms with E-state index < -0.39 is 6.10 Å². The lowest BCUT2D eigenvalue weighted by Crippen LogP contribution is -2.40. The third-order valence-electron chi connectivity index (χ3n) is 4.51. The molecule has 1 aliphatic rings. The Labute approximate surface area is 176 Å². The van der Waals surface area contributed by atoms with E-state index in [-0.39, 0.29) is 29.4 Å². The van der Waals surface area contributed by atoms with E-state index in [1.165, 1.54) is 5.56 Å². The van der Waals surface area contributed by atoms with Gasteiger partial charge in [-0.05, 0) is 49.6 Å². The summed E-state index contributed by atoms with van der Waals surface area (Å²) in [4.78, 5) is 4.72. The summed E-state index contributed by atoms with van der Waals surface area (Å²) in [5, 5.41) is 17.3. The molecule has 1 aliphatic carbocycles. The summed E-state index contributed by atoms with van der Waals surface area (Å²) in [6, 6.07) is 11.6. The molecule has 1 fully saturated rings. The molecule has 1 unspecified atom stereocenters. The lowest BCUT2D eigenvalue weighted by molar-refractivity contribution is 0.153. The monoisotopic (exact) mass is 489 g/mol. The minimum Gasteiger partial charge on any atom is -0.467 e. The van der Waals surface area contributed by atoms with Crippen LogP contribution in [0.25, 0.3) is 0 Å². The Kier molecular flexibility index (Phi) is 7.79. The molecule has 1 saturated carbocycles. The summed E-state index contributed by atoms with van der Waals surface area (Å²) < 4.78 is 5.22. The van der Waals surface area contributed by atoms with Crippen LogP contribution in [-0.2, 0) is 5.41 Å². The number of halogens is 2. The van der Waals surface area contributed by atoms with Crippen LogP contribution in [0.1, 0.15) is 37.2 Å². The van der Waals surface area contributed by atoms with Gasteiger partial charge in [-0.1, -0.05) is 23.7 Å². The number of aliphatic hydroxyl groups excluding tert-OH is 1. The van der Waals surface area contributed by atoms with Crippen molar-refractivity contribution >= 4 is 41.5 Å². The van der Waals surface area contributed by atoms with Crippen LogP contribution in [0.2, 0.25) is 5.02 Å². The summed E-state index contributed by atoms with van der Waals surface area (Å²) in [5.41, 5.74) is 1.34. The van der Waals surface area contributed by atoms with Gasteiger partial charge in [0.2, 0.25) is 0 Å². The van der Waals surface area contributed by atoms with Gasteiger partial charge in [-0.3, -0.25) is 4.99 Å². The third-order valence-corrected chi connectivity index (χ3v) is 4.74. The number of benzene rings is 1. The number of rotatable bonds is 7. The summed E-state index contributed by atoms with van der Waals surface area (Å²) in [6.45, 7) is 3.81. The van der Waals surface area contributed by atoms with Crippen LogP contribution < -0.4 is 10.6 Å². The summed E-state index contributed by atoms with van der Waals surface area (Å²) in [7, 11) is 0. The standard InChI is InChI=1S/C19H24ClN3O2.HI/c1-2-21-18(22-12-16(24)17-7-4-10-25-17)23-13-19(8-9-19)14-5-3-6-15(20)11-14;/h3-7,10-11,16,24H,2,8-9,12-13H2,1H3,(H2,21,22,23);1H. The van der Waals surface area contributed by atoms with E-state index in [0.717, 1.165) is 24.4 Å². The molecule has 5 nitrogen and oxygen atoms in total. The van der Waals surface area contributed by atoms with E-state index in [2.05, 4.69) is 16.7 Å². The normalized spacial score (nSPS) is 16.5. The SMILES string of the molecule is CCNC(=NCC1(c2cccc(Cl)c2)CC1)NCC(O)c1ccco1.I. The smallest absolute Gasteiger partial charge is 0.191 e. The maximum Gasteiger partial charge on any atom is 0.191 e. The third kappa shape index (κ3) is 5.37. The first-order valence-corrected chi connectivity index (χ1v) is 9.00. The minimum absolute atomic E-state index is 0. The lowest BCUT2D eigenvalue weighted by Gasteiger charge is -2.17. The predicted molar refractivity (Wildman–Crippen MR) is 115 cm³/mol. The van der Waals surface area contributed by atoms with Crippen LogP contribution in [-0.4, -0.2) is 30.7 Å². The largest absolute Gasteiger partial charge is 0.467 e. The van der Waals surface area contributed by atoms with Gasteiger partial charge in [0.1, 0.15) is 11.9 Å². The van der Waals surface area contributed by atoms with Crippen LogP contribution in [0.4, 0.5) is 0 Å². The Balaban J connectivity index is 0.00000243. The number of nitrogens with zero attached hydrogens (tertiary/aromatic N) is 1. The molecule has 3 rings (SSSR count). The van der Waals surface area contributed by atoms with Crippen molar-refractivity contribution in [2.75, 3.05) is 19.6 Å². The molecular formula is C19H25ClIN3O2. The first kappa shape index (κ1) is 21.1. The number of furan rings is 1. The van der Waals surface area contributed by atoms with Crippen molar-refractivity contribution in [2.24, 2.45) is 4.99 Å². The van der Waals surface area contributed by atoms with Crippen molar-refractivity contribution in [1.29, 1.82) is 0 Å². The zero-order valence-corrected chi connectivity index (χ0v) is 17.8. The van der Waals surface area contributed by atoms with Gasteiger partial charge in [0.15, 0.2) is 5.96 Å². The molecule has 0 amide bonds. The zero-order chi connectivity index (χ0) is 17.7. The van der Waals surface area contributed by atoms with Gasteiger partial charge >= 0.3 is 0 Å². The van der Waals surface area contributed by atoms with Gasteiger partial charge < -0.3 is 20.2 Å². The Bertz CT molecular complexity index is 717. The van der Waals surface area contributed by atoms with Crippen LogP contribution in [0, 0.1) is 0 Å². The molecule has 0 bridgehead atoms. The Morgan fingerprint density at radius 3 is 2.73 bits per heavy atom. The van der Waals surface area contributed by atoms with E-state index in [1.54, 1.807) is 18.4 Å². The quantitative estimate of drug-likeness (QED) is 0.314. The molecule has 1 heterocycles. The second-order valence-electron chi connectivity index (χ2n) is 6.40. The van der Waals surface area contributed by atoms with Crippen LogP contribution in [0.3, 0.4) is 0 Å². The Morgan fingerprint density at radius 1 is 1.31 bits per heavy atom. The molecule has 2 aromatic rings. The van der Waals surface area contributed by atoms with E-state index in [1.807, 2.05) is 25.1 Å². The number of hydrogen-bond donors (Lipinski definition) is 3. The minimum atomic E-state index is -0.707. The summed E-state index contributed by atoms with van der Waals surface area (Å²) >= 11 is 6.13. The molecule has 1 aromatic heterocycles. The van der Waals surface area contributed by atoms with E-state index >= 15 is 0 Å². The predicted octanol–water partition coefficient (Wildman–Crippen LogP) is 3.87. The fourth-order valence-electron chi connectivity index (χ4n) is 2.85. The van der Waals surface area contributed by atoms with Crippen molar-refractivity contribution in [3.63, 3.8) is 0 Å². The van der Waals surface area contributed by atoms with Gasteiger partial charge in [-0.2, -0.15) is 0 Å². The van der Waals surface area contributed by atoms with Crippen molar-refractivity contribution in [2.45, 2.75) is 31.3 Å². The molecule has 0 aliphatic heterocycles. The van der Waals surface area contributed by atoms with Gasteiger partial charge in [-0.25, -0.2) is 0 Å². The highest BCUT2D eigenvalue weighted by Crippen LogP contribution is 2.48. The van der Waals surface area contributed by atoms with Crippen molar-refractivity contribution in [3.8, 4) is 0 Å². The average Bonchev–Trinajstić information content (AvgIpc) is 3.20. The molecule has 142 valence electrons. The first-order chi connectivity index (χ1) is 12.1. The van der Waals surface area contributed by atoms with E-state index in [9.17, 15) is 5.11 Å². The average molecular weight is 490 g/mol. The molecule has 7 heteroatoms. The number of aliphatic imine (C=N–C) groups is 1. The second kappa shape index (κ2) is 9.62. The fourth-order valence-corrected chi connectivity index (χ4v) is 3.04. The molecule has 1 atom stereocenters. The highest BCUT2D eigenvalue weighted by Gasteiger charge is 2.44. The van der Waals surface area contributed by atoms with Crippen molar-refractivity contribution in [3.05, 3.63) is 59.0 Å². The Morgan fingerprint density at radius 2 is 2.12 bits per heavy atom. The van der Waals surface area contributed by atoms with E-state index in [4.69, 9.17) is 21.0 Å². The van der Waals surface area contributed by atoms with Gasteiger partial charge in [-0.15, -0.1) is 24.0 Å². The highest BCUT2D eigenvalue weighted by atomic mass is 127. The highest BCUT2D eigenvalue weighted by molar-refractivity contribution is 14.0. The molecule has 0 spiro atoms. The van der Waals surface area contributed by atoms with Crippen LogP contribution >= 0.6 is 35.6 Å².